The number of nitrogens with two attached hydrogens (primary N) is 1. The molecule has 84 valence electrons. The summed E-state index contributed by atoms with van der Waals surface area (Å²) in [6.07, 6.45) is 1.15. The van der Waals surface area contributed by atoms with Crippen LogP contribution in [0.4, 0.5) is 4.39 Å². The summed E-state index contributed by atoms with van der Waals surface area (Å²) in [6.45, 7) is 0.0749. The highest BCUT2D eigenvalue weighted by Gasteiger charge is 2.11. The van der Waals surface area contributed by atoms with Gasteiger partial charge in [0.25, 0.3) is 0 Å². The molecule has 0 amide bonds. The molecule has 0 unspecified atom stereocenters. The SMILES string of the molecule is COc1ccc([C@H](N)CCCO)c(F)c1. The summed E-state index contributed by atoms with van der Waals surface area (Å²) in [7, 11) is 1.49. The van der Waals surface area contributed by atoms with Crippen LogP contribution in [0.2, 0.25) is 0 Å². The molecule has 1 atom stereocenters. The van der Waals surface area contributed by atoms with E-state index in [9.17, 15) is 4.39 Å². The zero-order valence-electron chi connectivity index (χ0n) is 8.74. The Morgan fingerprint density at radius 2 is 2.27 bits per heavy atom. The summed E-state index contributed by atoms with van der Waals surface area (Å²) < 4.78 is 18.4. The molecule has 0 aliphatic carbocycles. The standard InChI is InChI=1S/C11H16FNO2/c1-15-8-4-5-9(10(12)7-8)11(13)3-2-6-14/h4-5,7,11,14H,2-3,6,13H2,1H3/t11-/m1/s1. The summed E-state index contributed by atoms with van der Waals surface area (Å²) in [5.41, 5.74) is 6.24. The maximum Gasteiger partial charge on any atom is 0.131 e. The van der Waals surface area contributed by atoms with Gasteiger partial charge >= 0.3 is 0 Å². The first-order chi connectivity index (χ1) is 7.19. The van der Waals surface area contributed by atoms with Gasteiger partial charge in [-0.15, -0.1) is 0 Å². The number of ether oxygens (including phenoxy) is 1. The van der Waals surface area contributed by atoms with Crippen LogP contribution in [0, 0.1) is 5.82 Å². The zero-order chi connectivity index (χ0) is 11.3. The molecule has 1 rings (SSSR count). The van der Waals surface area contributed by atoms with Crippen molar-refractivity contribution in [2.24, 2.45) is 5.73 Å². The molecule has 0 aliphatic heterocycles. The molecule has 0 bridgehead atoms. The second-order valence-corrected chi connectivity index (χ2v) is 3.36. The molecule has 0 saturated heterocycles. The molecule has 3 N–H and O–H groups in total. The van der Waals surface area contributed by atoms with Crippen LogP contribution in [-0.4, -0.2) is 18.8 Å². The van der Waals surface area contributed by atoms with Crippen molar-refractivity contribution in [2.45, 2.75) is 18.9 Å². The van der Waals surface area contributed by atoms with E-state index in [0.29, 0.717) is 24.2 Å². The molecule has 0 heterocycles. The summed E-state index contributed by atoms with van der Waals surface area (Å²) >= 11 is 0. The highest BCUT2D eigenvalue weighted by atomic mass is 19.1. The molecule has 1 aromatic carbocycles. The zero-order valence-corrected chi connectivity index (χ0v) is 8.74. The van der Waals surface area contributed by atoms with Crippen LogP contribution in [0.5, 0.6) is 5.75 Å². The minimum absolute atomic E-state index is 0.0749. The molecular weight excluding hydrogens is 197 g/mol. The summed E-state index contributed by atoms with van der Waals surface area (Å²) in [5.74, 6) is 0.116. The van der Waals surface area contributed by atoms with Crippen LogP contribution >= 0.6 is 0 Å². The van der Waals surface area contributed by atoms with E-state index in [1.807, 2.05) is 0 Å². The van der Waals surface area contributed by atoms with Crippen LogP contribution in [0.15, 0.2) is 18.2 Å². The van der Waals surface area contributed by atoms with E-state index in [1.165, 1.54) is 13.2 Å². The van der Waals surface area contributed by atoms with Crippen LogP contribution < -0.4 is 10.5 Å². The smallest absolute Gasteiger partial charge is 0.131 e. The summed E-state index contributed by atoms with van der Waals surface area (Å²) in [6, 6.07) is 4.24. The van der Waals surface area contributed by atoms with Gasteiger partial charge in [0.05, 0.1) is 7.11 Å². The highest BCUT2D eigenvalue weighted by Crippen LogP contribution is 2.22. The maximum atomic E-state index is 13.5. The van der Waals surface area contributed by atoms with Crippen LogP contribution in [0.1, 0.15) is 24.4 Å². The fourth-order valence-corrected chi connectivity index (χ4v) is 1.40. The number of halogens is 1. The van der Waals surface area contributed by atoms with Gasteiger partial charge in [-0.1, -0.05) is 6.07 Å². The van der Waals surface area contributed by atoms with Crippen LogP contribution in [-0.2, 0) is 0 Å². The van der Waals surface area contributed by atoms with Gasteiger partial charge in [-0.05, 0) is 18.9 Å². The largest absolute Gasteiger partial charge is 0.497 e. The van der Waals surface area contributed by atoms with E-state index < -0.39 is 0 Å². The lowest BCUT2D eigenvalue weighted by atomic mass is 10.0. The van der Waals surface area contributed by atoms with Gasteiger partial charge in [0.15, 0.2) is 0 Å². The third-order valence-corrected chi connectivity index (χ3v) is 2.28. The van der Waals surface area contributed by atoms with E-state index in [4.69, 9.17) is 15.6 Å². The first-order valence-corrected chi connectivity index (χ1v) is 4.89. The Hall–Kier alpha value is -1.13. The van der Waals surface area contributed by atoms with Gasteiger partial charge in [0, 0.05) is 24.3 Å². The van der Waals surface area contributed by atoms with Crippen LogP contribution in [0.25, 0.3) is 0 Å². The van der Waals surface area contributed by atoms with Crippen molar-refractivity contribution in [1.82, 2.24) is 0 Å². The Morgan fingerprint density at radius 1 is 1.53 bits per heavy atom. The molecule has 15 heavy (non-hydrogen) atoms. The minimum atomic E-state index is -0.372. The molecule has 0 aliphatic rings. The third kappa shape index (κ3) is 3.18. The van der Waals surface area contributed by atoms with Crippen molar-refractivity contribution in [3.63, 3.8) is 0 Å². The quantitative estimate of drug-likeness (QED) is 0.781. The summed E-state index contributed by atoms with van der Waals surface area (Å²) in [4.78, 5) is 0. The third-order valence-electron chi connectivity index (χ3n) is 2.28. The second-order valence-electron chi connectivity index (χ2n) is 3.36. The Kier molecular flexibility index (Phi) is 4.52. The van der Waals surface area contributed by atoms with E-state index in [1.54, 1.807) is 12.1 Å². The predicted molar refractivity (Wildman–Crippen MR) is 56.2 cm³/mol. The minimum Gasteiger partial charge on any atom is -0.497 e. The molecule has 0 radical (unpaired) electrons. The fraction of sp³-hybridized carbons (Fsp3) is 0.455. The Bertz CT molecular complexity index is 317. The number of methoxy groups -OCH3 is 1. The van der Waals surface area contributed by atoms with Crippen molar-refractivity contribution in [3.05, 3.63) is 29.6 Å². The lowest BCUT2D eigenvalue weighted by Gasteiger charge is -2.12. The molecule has 3 nitrogen and oxygen atoms in total. The molecular formula is C11H16FNO2. The number of hydrogen-bond donors (Lipinski definition) is 2. The van der Waals surface area contributed by atoms with Crippen molar-refractivity contribution < 1.29 is 14.2 Å². The number of aliphatic hydroxyl groups excluding tert-OH is 1. The average molecular weight is 213 g/mol. The normalized spacial score (nSPS) is 12.5. The van der Waals surface area contributed by atoms with E-state index in [2.05, 4.69) is 0 Å². The van der Waals surface area contributed by atoms with Gasteiger partial charge in [-0.25, -0.2) is 4.39 Å². The number of aliphatic hydroxyl groups is 1. The van der Waals surface area contributed by atoms with Gasteiger partial charge < -0.3 is 15.6 Å². The van der Waals surface area contributed by atoms with Gasteiger partial charge in [-0.3, -0.25) is 0 Å². The molecule has 0 fully saturated rings. The molecule has 0 spiro atoms. The van der Waals surface area contributed by atoms with Crippen molar-refractivity contribution in [1.29, 1.82) is 0 Å². The summed E-state index contributed by atoms with van der Waals surface area (Å²) in [5, 5.41) is 8.64. The predicted octanol–water partition coefficient (Wildman–Crippen LogP) is 1.61. The lowest BCUT2D eigenvalue weighted by Crippen LogP contribution is -2.12. The second kappa shape index (κ2) is 5.68. The van der Waals surface area contributed by atoms with Crippen molar-refractivity contribution >= 4 is 0 Å². The van der Waals surface area contributed by atoms with Crippen molar-refractivity contribution in [3.8, 4) is 5.75 Å². The number of rotatable bonds is 5. The van der Waals surface area contributed by atoms with E-state index in [-0.39, 0.29) is 18.5 Å². The number of benzene rings is 1. The lowest BCUT2D eigenvalue weighted by molar-refractivity contribution is 0.279. The maximum absolute atomic E-state index is 13.5. The topological polar surface area (TPSA) is 55.5 Å². The molecule has 0 aromatic heterocycles. The monoisotopic (exact) mass is 213 g/mol. The van der Waals surface area contributed by atoms with E-state index in [0.717, 1.165) is 0 Å². The Balaban J connectivity index is 2.76. The fourth-order valence-electron chi connectivity index (χ4n) is 1.40. The molecule has 0 saturated carbocycles. The van der Waals surface area contributed by atoms with Gasteiger partial charge in [0.2, 0.25) is 0 Å². The first-order valence-electron chi connectivity index (χ1n) is 4.89. The average Bonchev–Trinajstić information content (AvgIpc) is 2.25. The number of hydrogen-bond acceptors (Lipinski definition) is 3. The van der Waals surface area contributed by atoms with E-state index >= 15 is 0 Å². The van der Waals surface area contributed by atoms with Gasteiger partial charge in [0.1, 0.15) is 11.6 Å². The first kappa shape index (κ1) is 11.9. The van der Waals surface area contributed by atoms with Gasteiger partial charge in [-0.2, -0.15) is 0 Å². The highest BCUT2D eigenvalue weighted by molar-refractivity contribution is 5.30. The Morgan fingerprint density at radius 3 is 2.80 bits per heavy atom. The van der Waals surface area contributed by atoms with Crippen LogP contribution in [0.3, 0.4) is 0 Å². The molecule has 4 heteroatoms. The molecule has 1 aromatic rings. The Labute approximate surface area is 88.7 Å². The van der Waals surface area contributed by atoms with Crippen molar-refractivity contribution in [2.75, 3.05) is 13.7 Å².